The van der Waals surface area contributed by atoms with E-state index in [2.05, 4.69) is 26.0 Å². The van der Waals surface area contributed by atoms with Crippen LogP contribution in [-0.4, -0.2) is 172 Å². The van der Waals surface area contributed by atoms with Gasteiger partial charge in [0.15, 0.2) is 18.9 Å². The maximum absolute atomic E-state index is 12.7. The minimum atomic E-state index is -1.64. The minimum absolute atomic E-state index is 0.0353. The zero-order valence-electron chi connectivity index (χ0n) is 34.3. The normalized spacial score (nSPS) is 55.8. The highest BCUT2D eigenvalue weighted by Crippen LogP contribution is 2.67. The van der Waals surface area contributed by atoms with E-state index in [-0.39, 0.29) is 29.3 Å². The Labute approximate surface area is 335 Å². The molecule has 0 unspecified atom stereocenters. The summed E-state index contributed by atoms with van der Waals surface area (Å²) >= 11 is 0. The third-order valence-electron chi connectivity index (χ3n) is 15.9. The monoisotopic (exact) mass is 816 g/mol. The molecule has 0 aromatic heterocycles. The van der Waals surface area contributed by atoms with Gasteiger partial charge in [-0.25, -0.2) is 0 Å². The van der Waals surface area contributed by atoms with Crippen LogP contribution in [0.1, 0.15) is 79.6 Å². The zero-order valence-corrected chi connectivity index (χ0v) is 34.3. The van der Waals surface area contributed by atoms with E-state index >= 15 is 0 Å². The molecule has 4 aliphatic carbocycles. The van der Waals surface area contributed by atoms with Gasteiger partial charge in [-0.2, -0.15) is 0 Å². The van der Waals surface area contributed by atoms with Crippen molar-refractivity contribution in [1.29, 1.82) is 0 Å². The Kier molecular flexibility index (Phi) is 13.0. The van der Waals surface area contributed by atoms with Crippen LogP contribution in [0.15, 0.2) is 12.2 Å². The summed E-state index contributed by atoms with van der Waals surface area (Å²) in [6, 6.07) is 0. The lowest BCUT2D eigenvalue weighted by molar-refractivity contribution is -0.365. The van der Waals surface area contributed by atoms with Crippen molar-refractivity contribution in [2.24, 2.45) is 34.5 Å². The van der Waals surface area contributed by atoms with E-state index in [4.69, 9.17) is 37.9 Å². The van der Waals surface area contributed by atoms with Gasteiger partial charge in [-0.1, -0.05) is 26.0 Å². The minimum Gasteiger partial charge on any atom is -0.394 e. The Hall–Kier alpha value is -0.900. The summed E-state index contributed by atoms with van der Waals surface area (Å²) in [6.07, 6.45) is -7.47. The zero-order chi connectivity index (χ0) is 41.4. The fourth-order valence-corrected chi connectivity index (χ4v) is 12.2. The van der Waals surface area contributed by atoms with E-state index in [0.717, 1.165) is 38.5 Å². The predicted molar refractivity (Wildman–Crippen MR) is 199 cm³/mol. The number of aliphatic hydroxyl groups is 8. The number of allylic oxidation sites excluding steroid dienone is 2. The molecule has 7 rings (SSSR count). The average molecular weight is 817 g/mol. The molecule has 0 aromatic carbocycles. The average Bonchev–Trinajstić information content (AvgIpc) is 3.47. The van der Waals surface area contributed by atoms with Crippen molar-refractivity contribution in [3.63, 3.8) is 0 Å². The number of fused-ring (bicyclic) bond motifs is 5. The van der Waals surface area contributed by atoms with Crippen LogP contribution in [0.4, 0.5) is 0 Å². The molecule has 3 saturated heterocycles. The highest BCUT2D eigenvalue weighted by molar-refractivity contribution is 5.21. The largest absolute Gasteiger partial charge is 0.394 e. The van der Waals surface area contributed by atoms with Gasteiger partial charge in [-0.3, -0.25) is 0 Å². The van der Waals surface area contributed by atoms with Crippen molar-refractivity contribution in [3.8, 4) is 0 Å². The maximum atomic E-state index is 12.7. The van der Waals surface area contributed by atoms with E-state index < -0.39 is 116 Å². The topological polar surface area (TPSA) is 236 Å². The maximum Gasteiger partial charge on any atom is 0.187 e. The second kappa shape index (κ2) is 16.8. The molecular formula is C41H68O16. The lowest BCUT2D eigenvalue weighted by atomic mass is 9.46. The summed E-state index contributed by atoms with van der Waals surface area (Å²) in [5.41, 5.74) is -1.66. The number of hydrogen-bond donors (Lipinski definition) is 8. The molecule has 328 valence electrons. The SMILES string of the molecule is CO[C@H]1[C@@H](O)[C@@H](C)O[C@@H](O[C@H]2CC[C@@]3(C)[C@@H](C=C[C@@H]4[C@@H]3CC[C@@]3(C)[C@H]4CC[C@]3(O)[C@H](C)O[C@@H]3O[C@H](C)[C@H](O[C@@H]4O[C@H](CO)[C@@H](O)[C@H](O)[C@H]4O)[C@H](OC)[C@H]3O)C2)[C@@H]1O. The van der Waals surface area contributed by atoms with Gasteiger partial charge in [0.1, 0.15) is 61.0 Å². The summed E-state index contributed by atoms with van der Waals surface area (Å²) < 4.78 is 47.5. The summed E-state index contributed by atoms with van der Waals surface area (Å²) in [6.45, 7) is 9.24. The quantitative estimate of drug-likeness (QED) is 0.137. The number of aliphatic hydroxyl groups excluding tert-OH is 7. The van der Waals surface area contributed by atoms with Gasteiger partial charge in [-0.05, 0) is 94.8 Å². The highest BCUT2D eigenvalue weighted by Gasteiger charge is 2.66. The molecule has 7 aliphatic rings. The van der Waals surface area contributed by atoms with Gasteiger partial charge >= 0.3 is 0 Å². The second-order valence-electron chi connectivity index (χ2n) is 18.6. The van der Waals surface area contributed by atoms with Crippen LogP contribution in [0.2, 0.25) is 0 Å². The van der Waals surface area contributed by atoms with Crippen molar-refractivity contribution >= 4 is 0 Å². The van der Waals surface area contributed by atoms with E-state index in [1.54, 1.807) is 13.8 Å². The number of methoxy groups -OCH3 is 2. The number of rotatable bonds is 10. The standard InChI is InChI=1S/C41H68O16/c1-18-27(43)34(50-6)31(47)38(52-18)55-22-10-13-39(4)21(16-22)8-9-23-24(39)11-14-40(5)25(23)12-15-41(40,49)20(3)54-37-32(48)35(51-7)33(19(2)53-37)57-36-30(46)29(45)28(44)26(17-42)56-36/h8-9,18-38,42-49H,10-17H2,1-7H3/t18-,19-,20+,21+,22+,23-,24+,25+,26-,27+,28-,29+,30-,31-,32-,33+,34+,35-,36+,37+,38+,39+,40+,41+/m1/s1. The van der Waals surface area contributed by atoms with Gasteiger partial charge in [0, 0.05) is 19.6 Å². The Balaban J connectivity index is 0.997. The van der Waals surface area contributed by atoms with Crippen molar-refractivity contribution in [2.75, 3.05) is 20.8 Å². The molecule has 0 bridgehead atoms. The molecule has 0 amide bonds. The van der Waals surface area contributed by atoms with Gasteiger partial charge < -0.3 is 78.7 Å². The van der Waals surface area contributed by atoms with Gasteiger partial charge in [0.2, 0.25) is 0 Å². The fraction of sp³-hybridized carbons (Fsp3) is 0.951. The summed E-state index contributed by atoms with van der Waals surface area (Å²) in [5.74, 6) is 1.17. The van der Waals surface area contributed by atoms with Gasteiger partial charge in [-0.15, -0.1) is 0 Å². The lowest BCUT2D eigenvalue weighted by Crippen LogP contribution is -2.65. The molecule has 0 aromatic rings. The highest BCUT2D eigenvalue weighted by atomic mass is 16.7. The molecule has 3 heterocycles. The van der Waals surface area contributed by atoms with Crippen molar-refractivity contribution < 1.29 is 78.7 Å². The molecule has 3 saturated carbocycles. The van der Waals surface area contributed by atoms with Crippen LogP contribution in [0, 0.1) is 34.5 Å². The molecule has 16 heteroatoms. The van der Waals surface area contributed by atoms with Crippen molar-refractivity contribution in [1.82, 2.24) is 0 Å². The van der Waals surface area contributed by atoms with Crippen LogP contribution in [0.5, 0.6) is 0 Å². The van der Waals surface area contributed by atoms with Gasteiger partial charge in [0.25, 0.3) is 0 Å². The first-order valence-electron chi connectivity index (χ1n) is 21.0. The lowest BCUT2D eigenvalue weighted by Gasteiger charge is -2.60. The van der Waals surface area contributed by atoms with Crippen LogP contribution >= 0.6 is 0 Å². The van der Waals surface area contributed by atoms with Crippen LogP contribution in [0.3, 0.4) is 0 Å². The molecule has 0 radical (unpaired) electrons. The molecule has 24 atom stereocenters. The first kappa shape index (κ1) is 44.2. The first-order valence-corrected chi connectivity index (χ1v) is 21.0. The van der Waals surface area contributed by atoms with E-state index in [1.165, 1.54) is 14.2 Å². The Morgan fingerprint density at radius 3 is 2.02 bits per heavy atom. The van der Waals surface area contributed by atoms with E-state index in [9.17, 15) is 40.9 Å². The van der Waals surface area contributed by atoms with Crippen molar-refractivity contribution in [2.45, 2.75) is 189 Å². The van der Waals surface area contributed by atoms with Crippen LogP contribution in [-0.2, 0) is 37.9 Å². The molecule has 6 fully saturated rings. The Morgan fingerprint density at radius 2 is 1.33 bits per heavy atom. The summed E-state index contributed by atoms with van der Waals surface area (Å²) in [5, 5.41) is 86.1. The Morgan fingerprint density at radius 1 is 0.684 bits per heavy atom. The third kappa shape index (κ3) is 7.38. The smallest absolute Gasteiger partial charge is 0.187 e. The van der Waals surface area contributed by atoms with E-state index in [0.29, 0.717) is 12.3 Å². The molecule has 3 aliphatic heterocycles. The fourth-order valence-electron chi connectivity index (χ4n) is 12.2. The van der Waals surface area contributed by atoms with Crippen molar-refractivity contribution in [3.05, 3.63) is 12.2 Å². The molecule has 16 nitrogen and oxygen atoms in total. The van der Waals surface area contributed by atoms with E-state index in [1.807, 2.05) is 6.92 Å². The molecule has 0 spiro atoms. The summed E-state index contributed by atoms with van der Waals surface area (Å²) in [7, 11) is 2.86. The van der Waals surface area contributed by atoms with Crippen LogP contribution < -0.4 is 0 Å². The second-order valence-corrected chi connectivity index (χ2v) is 18.6. The molecular weight excluding hydrogens is 748 g/mol. The van der Waals surface area contributed by atoms with Gasteiger partial charge in [0.05, 0.1) is 36.6 Å². The number of hydrogen-bond acceptors (Lipinski definition) is 16. The first-order chi connectivity index (χ1) is 26.9. The van der Waals surface area contributed by atoms with Crippen LogP contribution in [0.25, 0.3) is 0 Å². The predicted octanol–water partition coefficient (Wildman–Crippen LogP) is 0.114. The molecule has 8 N–H and O–H groups in total. The summed E-state index contributed by atoms with van der Waals surface area (Å²) in [4.78, 5) is 0. The Bertz CT molecular complexity index is 1400. The molecule has 57 heavy (non-hydrogen) atoms. The third-order valence-corrected chi connectivity index (χ3v) is 15.9. The number of ether oxygens (including phenoxy) is 8.